The molecule has 0 aliphatic carbocycles. The van der Waals surface area contributed by atoms with Crippen LogP contribution in [-0.2, 0) is 9.59 Å². The van der Waals surface area contributed by atoms with Crippen LogP contribution in [0, 0.1) is 6.92 Å². The fourth-order valence-electron chi connectivity index (χ4n) is 4.20. The van der Waals surface area contributed by atoms with Crippen molar-refractivity contribution in [2.75, 3.05) is 18.6 Å². The smallest absolute Gasteiger partial charge is 0.300 e. The van der Waals surface area contributed by atoms with Crippen molar-refractivity contribution in [2.24, 2.45) is 0 Å². The van der Waals surface area contributed by atoms with Gasteiger partial charge in [-0.05, 0) is 54.8 Å². The lowest BCUT2D eigenvalue weighted by Gasteiger charge is -2.27. The molecule has 1 amide bonds. The average Bonchev–Trinajstić information content (AvgIpc) is 3.12. The van der Waals surface area contributed by atoms with Crippen molar-refractivity contribution < 1.29 is 24.2 Å². The standard InChI is InChI=1S/C28H26ClNO5/c1-4-14-35-20-10-7-9-18(15-20)26(31)24-25(21-11-6-5-8-17(21)2)30(28(33)27(24)32)19-12-13-23(34-3)22(29)16-19/h5-13,15-16,25,31H,4,14H2,1-3H3/b26-24+. The average molecular weight is 492 g/mol. The van der Waals surface area contributed by atoms with Crippen LogP contribution in [0.1, 0.15) is 36.1 Å². The molecule has 7 heteroatoms. The number of ketones is 1. The van der Waals surface area contributed by atoms with Crippen molar-refractivity contribution in [1.29, 1.82) is 0 Å². The van der Waals surface area contributed by atoms with Gasteiger partial charge in [0.05, 0.1) is 30.4 Å². The van der Waals surface area contributed by atoms with Crippen molar-refractivity contribution in [1.82, 2.24) is 0 Å². The number of hydrogen-bond acceptors (Lipinski definition) is 5. The lowest BCUT2D eigenvalue weighted by molar-refractivity contribution is -0.132. The number of carbonyl (C=O) groups is 2. The van der Waals surface area contributed by atoms with Gasteiger partial charge in [0.15, 0.2) is 0 Å². The normalized spacial score (nSPS) is 17.0. The van der Waals surface area contributed by atoms with Crippen LogP contribution in [0.25, 0.3) is 5.76 Å². The Kier molecular flexibility index (Phi) is 7.12. The second-order valence-electron chi connectivity index (χ2n) is 8.22. The zero-order valence-electron chi connectivity index (χ0n) is 19.7. The molecule has 35 heavy (non-hydrogen) atoms. The molecule has 1 unspecified atom stereocenters. The number of aliphatic hydroxyl groups excluding tert-OH is 1. The topological polar surface area (TPSA) is 76.1 Å². The molecule has 4 rings (SSSR count). The molecule has 1 fully saturated rings. The maximum Gasteiger partial charge on any atom is 0.300 e. The summed E-state index contributed by atoms with van der Waals surface area (Å²) in [5.41, 5.74) is 2.41. The Morgan fingerprint density at radius 3 is 2.51 bits per heavy atom. The highest BCUT2D eigenvalue weighted by molar-refractivity contribution is 6.52. The van der Waals surface area contributed by atoms with E-state index in [-0.39, 0.29) is 11.3 Å². The number of carbonyl (C=O) groups excluding carboxylic acids is 2. The highest BCUT2D eigenvalue weighted by Crippen LogP contribution is 2.44. The number of Topliss-reactive ketones (excluding diaryl/α,β-unsaturated/α-hetero) is 1. The Morgan fingerprint density at radius 2 is 1.83 bits per heavy atom. The minimum atomic E-state index is -0.846. The monoisotopic (exact) mass is 491 g/mol. The van der Waals surface area contributed by atoms with Gasteiger partial charge in [0, 0.05) is 11.3 Å². The van der Waals surface area contributed by atoms with Gasteiger partial charge in [-0.1, -0.05) is 54.9 Å². The minimum Gasteiger partial charge on any atom is -0.507 e. The van der Waals surface area contributed by atoms with E-state index in [1.54, 1.807) is 42.5 Å². The first-order valence-corrected chi connectivity index (χ1v) is 11.7. The van der Waals surface area contributed by atoms with Crippen molar-refractivity contribution in [3.8, 4) is 11.5 Å². The largest absolute Gasteiger partial charge is 0.507 e. The zero-order chi connectivity index (χ0) is 25.1. The van der Waals surface area contributed by atoms with Crippen LogP contribution in [0.5, 0.6) is 11.5 Å². The number of nitrogens with zero attached hydrogens (tertiary/aromatic N) is 1. The molecule has 0 spiro atoms. The molecule has 0 radical (unpaired) electrons. The van der Waals surface area contributed by atoms with Gasteiger partial charge in [-0.2, -0.15) is 0 Å². The summed E-state index contributed by atoms with van der Waals surface area (Å²) in [7, 11) is 1.50. The number of hydrogen-bond donors (Lipinski definition) is 1. The second kappa shape index (κ2) is 10.2. The number of methoxy groups -OCH3 is 1. The number of aryl methyl sites for hydroxylation is 1. The fraction of sp³-hybridized carbons (Fsp3) is 0.214. The number of ether oxygens (including phenoxy) is 2. The van der Waals surface area contributed by atoms with E-state index in [4.69, 9.17) is 21.1 Å². The predicted octanol–water partition coefficient (Wildman–Crippen LogP) is 6.07. The Hall–Kier alpha value is -3.77. The van der Waals surface area contributed by atoms with Crippen LogP contribution in [0.15, 0.2) is 72.3 Å². The maximum absolute atomic E-state index is 13.4. The lowest BCUT2D eigenvalue weighted by atomic mass is 9.92. The van der Waals surface area contributed by atoms with Gasteiger partial charge in [0.1, 0.15) is 17.3 Å². The number of benzene rings is 3. The Labute approximate surface area is 209 Å². The molecule has 180 valence electrons. The summed E-state index contributed by atoms with van der Waals surface area (Å²) in [6, 6.07) is 18.4. The van der Waals surface area contributed by atoms with E-state index >= 15 is 0 Å². The Balaban J connectivity index is 1.91. The molecule has 1 atom stereocenters. The van der Waals surface area contributed by atoms with Gasteiger partial charge in [0.25, 0.3) is 11.7 Å². The van der Waals surface area contributed by atoms with Crippen LogP contribution in [0.2, 0.25) is 5.02 Å². The molecular formula is C28H26ClNO5. The summed E-state index contributed by atoms with van der Waals surface area (Å²) < 4.78 is 10.9. The van der Waals surface area contributed by atoms with Crippen molar-refractivity contribution in [3.63, 3.8) is 0 Å². The van der Waals surface area contributed by atoms with E-state index in [0.29, 0.717) is 34.4 Å². The van der Waals surface area contributed by atoms with Crippen LogP contribution in [0.4, 0.5) is 5.69 Å². The molecule has 1 heterocycles. The number of amides is 1. The third-order valence-electron chi connectivity index (χ3n) is 5.92. The van der Waals surface area contributed by atoms with Crippen LogP contribution < -0.4 is 14.4 Å². The molecule has 1 aliphatic rings. The fourth-order valence-corrected chi connectivity index (χ4v) is 4.45. The molecule has 0 bridgehead atoms. The van der Waals surface area contributed by atoms with Gasteiger partial charge < -0.3 is 14.6 Å². The lowest BCUT2D eigenvalue weighted by Crippen LogP contribution is -2.29. The van der Waals surface area contributed by atoms with Gasteiger partial charge in [-0.25, -0.2) is 0 Å². The van der Waals surface area contributed by atoms with Crippen LogP contribution in [0.3, 0.4) is 0 Å². The van der Waals surface area contributed by atoms with E-state index in [9.17, 15) is 14.7 Å². The quantitative estimate of drug-likeness (QED) is 0.246. The molecule has 0 saturated carbocycles. The molecule has 1 saturated heterocycles. The number of aliphatic hydroxyl groups is 1. The van der Waals surface area contributed by atoms with Crippen molar-refractivity contribution >= 4 is 34.7 Å². The first kappa shape index (κ1) is 24.4. The second-order valence-corrected chi connectivity index (χ2v) is 8.63. The van der Waals surface area contributed by atoms with Crippen LogP contribution in [-0.4, -0.2) is 30.5 Å². The Bertz CT molecular complexity index is 1320. The third kappa shape index (κ3) is 4.62. The molecular weight excluding hydrogens is 466 g/mol. The van der Waals surface area contributed by atoms with E-state index in [0.717, 1.165) is 17.5 Å². The third-order valence-corrected chi connectivity index (χ3v) is 6.22. The SMILES string of the molecule is CCCOc1cccc(/C(O)=C2\C(=O)C(=O)N(c3ccc(OC)c(Cl)c3)C2c2ccccc2C)c1. The van der Waals surface area contributed by atoms with Gasteiger partial charge >= 0.3 is 0 Å². The first-order valence-electron chi connectivity index (χ1n) is 11.3. The summed E-state index contributed by atoms with van der Waals surface area (Å²) in [6.45, 7) is 4.42. The highest BCUT2D eigenvalue weighted by Gasteiger charge is 2.47. The molecule has 0 aromatic heterocycles. The van der Waals surface area contributed by atoms with E-state index < -0.39 is 17.7 Å². The van der Waals surface area contributed by atoms with E-state index in [1.807, 2.05) is 38.1 Å². The molecule has 6 nitrogen and oxygen atoms in total. The van der Waals surface area contributed by atoms with Crippen molar-refractivity contribution in [3.05, 3.63) is 94.0 Å². The first-order chi connectivity index (χ1) is 16.9. The summed E-state index contributed by atoms with van der Waals surface area (Å²) >= 11 is 6.35. The summed E-state index contributed by atoms with van der Waals surface area (Å²) in [5.74, 6) is -0.773. The minimum absolute atomic E-state index is 0.00359. The highest BCUT2D eigenvalue weighted by atomic mass is 35.5. The summed E-state index contributed by atoms with van der Waals surface area (Å²) in [6.07, 6.45) is 0.832. The van der Waals surface area contributed by atoms with E-state index in [1.165, 1.54) is 12.0 Å². The molecule has 1 aliphatic heterocycles. The van der Waals surface area contributed by atoms with Gasteiger partial charge in [0.2, 0.25) is 0 Å². The number of anilines is 1. The van der Waals surface area contributed by atoms with E-state index in [2.05, 4.69) is 0 Å². The van der Waals surface area contributed by atoms with Gasteiger partial charge in [-0.15, -0.1) is 0 Å². The summed E-state index contributed by atoms with van der Waals surface area (Å²) in [5, 5.41) is 11.7. The molecule has 3 aromatic rings. The molecule has 1 N–H and O–H groups in total. The number of halogens is 1. The summed E-state index contributed by atoms with van der Waals surface area (Å²) in [4.78, 5) is 28.1. The van der Waals surface area contributed by atoms with Gasteiger partial charge in [-0.3, -0.25) is 14.5 Å². The zero-order valence-corrected chi connectivity index (χ0v) is 20.5. The Morgan fingerprint density at radius 1 is 1.06 bits per heavy atom. The number of rotatable bonds is 7. The predicted molar refractivity (Wildman–Crippen MR) is 136 cm³/mol. The maximum atomic E-state index is 13.4. The van der Waals surface area contributed by atoms with Crippen LogP contribution >= 0.6 is 11.6 Å². The molecule has 3 aromatic carbocycles. The van der Waals surface area contributed by atoms with Crippen molar-refractivity contribution in [2.45, 2.75) is 26.3 Å².